The third kappa shape index (κ3) is 3.07. The van der Waals surface area contributed by atoms with E-state index in [1.807, 2.05) is 13.8 Å². The van der Waals surface area contributed by atoms with Crippen molar-refractivity contribution in [1.29, 1.82) is 5.26 Å². The van der Waals surface area contributed by atoms with E-state index in [0.29, 0.717) is 10.9 Å². The number of amides is 1. The lowest BCUT2D eigenvalue weighted by Gasteiger charge is -2.10. The zero-order valence-corrected chi connectivity index (χ0v) is 10.8. The van der Waals surface area contributed by atoms with Crippen molar-refractivity contribution in [2.45, 2.75) is 13.8 Å². The summed E-state index contributed by atoms with van der Waals surface area (Å²) in [6.07, 6.45) is 0. The Morgan fingerprint density at radius 3 is 2.81 bits per heavy atom. The molecule has 1 aromatic rings. The van der Waals surface area contributed by atoms with Gasteiger partial charge in [-0.25, -0.2) is 0 Å². The minimum absolute atomic E-state index is 0.0269. The van der Waals surface area contributed by atoms with E-state index in [1.165, 1.54) is 0 Å². The first-order valence-corrected chi connectivity index (χ1v) is 6.08. The molecular formula is C12H13BrN2O. The Balaban J connectivity index is 2.80. The van der Waals surface area contributed by atoms with Gasteiger partial charge < -0.3 is 5.32 Å². The molecule has 1 atom stereocenters. The number of nitrogens with zero attached hydrogens (tertiary/aromatic N) is 1. The fourth-order valence-electron chi connectivity index (χ4n) is 1.20. The molecule has 0 saturated heterocycles. The summed E-state index contributed by atoms with van der Waals surface area (Å²) in [7, 11) is 0. The molecule has 16 heavy (non-hydrogen) atoms. The minimum Gasteiger partial charge on any atom is -0.326 e. The van der Waals surface area contributed by atoms with Gasteiger partial charge in [-0.1, -0.05) is 22.9 Å². The summed E-state index contributed by atoms with van der Waals surface area (Å²) in [6.45, 7) is 3.70. The van der Waals surface area contributed by atoms with Crippen LogP contribution in [0.15, 0.2) is 18.2 Å². The number of carbonyl (C=O) groups excluding carboxylic acids is 1. The molecule has 1 amide bonds. The number of rotatable bonds is 3. The summed E-state index contributed by atoms with van der Waals surface area (Å²) < 4.78 is 0. The van der Waals surface area contributed by atoms with E-state index in [0.717, 1.165) is 11.3 Å². The molecule has 0 aliphatic carbocycles. The molecular weight excluding hydrogens is 268 g/mol. The van der Waals surface area contributed by atoms with Gasteiger partial charge in [0.2, 0.25) is 5.91 Å². The van der Waals surface area contributed by atoms with Crippen molar-refractivity contribution in [2.24, 2.45) is 5.92 Å². The van der Waals surface area contributed by atoms with Gasteiger partial charge in [0, 0.05) is 16.9 Å². The average Bonchev–Trinajstić information content (AvgIpc) is 2.28. The third-order valence-electron chi connectivity index (χ3n) is 2.29. The largest absolute Gasteiger partial charge is 0.326 e. The lowest BCUT2D eigenvalue weighted by atomic mass is 10.1. The highest BCUT2D eigenvalue weighted by Crippen LogP contribution is 2.15. The Labute approximate surface area is 104 Å². The predicted molar refractivity (Wildman–Crippen MR) is 67.5 cm³/mol. The molecule has 1 aromatic carbocycles. The van der Waals surface area contributed by atoms with Crippen molar-refractivity contribution in [3.05, 3.63) is 29.3 Å². The summed E-state index contributed by atoms with van der Waals surface area (Å²) in [6, 6.07) is 7.35. The number of anilines is 1. The van der Waals surface area contributed by atoms with Crippen LogP contribution in [0.4, 0.5) is 5.69 Å². The van der Waals surface area contributed by atoms with E-state index in [2.05, 4.69) is 27.3 Å². The molecule has 0 fully saturated rings. The molecule has 1 rings (SSSR count). The molecule has 0 spiro atoms. The monoisotopic (exact) mass is 280 g/mol. The highest BCUT2D eigenvalue weighted by atomic mass is 79.9. The van der Waals surface area contributed by atoms with E-state index in [-0.39, 0.29) is 11.8 Å². The van der Waals surface area contributed by atoms with E-state index in [4.69, 9.17) is 5.26 Å². The number of nitrogens with one attached hydrogen (secondary N) is 1. The van der Waals surface area contributed by atoms with Crippen LogP contribution in [0.2, 0.25) is 0 Å². The second-order valence-corrected chi connectivity index (χ2v) is 4.33. The molecule has 0 aliphatic rings. The van der Waals surface area contributed by atoms with Gasteiger partial charge in [0.15, 0.2) is 0 Å². The number of benzene rings is 1. The van der Waals surface area contributed by atoms with Crippen LogP contribution >= 0.6 is 15.9 Å². The fraction of sp³-hybridized carbons (Fsp3) is 0.333. The SMILES string of the molecule is Cc1cc(NC(=O)C(C)CBr)ccc1C#N. The maximum absolute atomic E-state index is 11.6. The average molecular weight is 281 g/mol. The van der Waals surface area contributed by atoms with Gasteiger partial charge in [-0.2, -0.15) is 5.26 Å². The molecule has 1 N–H and O–H groups in total. The Bertz CT molecular complexity index is 437. The van der Waals surface area contributed by atoms with Crippen molar-refractivity contribution < 1.29 is 4.79 Å². The first-order chi connectivity index (χ1) is 7.58. The standard InChI is InChI=1S/C12H13BrN2O/c1-8-5-11(4-3-10(8)7-14)15-12(16)9(2)6-13/h3-5,9H,6H2,1-2H3,(H,15,16). The molecule has 0 radical (unpaired) electrons. The minimum atomic E-state index is -0.0732. The Morgan fingerprint density at radius 2 is 2.31 bits per heavy atom. The van der Waals surface area contributed by atoms with Gasteiger partial charge in [-0.05, 0) is 30.7 Å². The van der Waals surface area contributed by atoms with Crippen LogP contribution < -0.4 is 5.32 Å². The van der Waals surface area contributed by atoms with E-state index in [1.54, 1.807) is 18.2 Å². The molecule has 1 unspecified atom stereocenters. The molecule has 3 nitrogen and oxygen atoms in total. The van der Waals surface area contributed by atoms with Gasteiger partial charge >= 0.3 is 0 Å². The summed E-state index contributed by atoms with van der Waals surface area (Å²) in [5, 5.41) is 12.2. The van der Waals surface area contributed by atoms with Gasteiger partial charge in [0.25, 0.3) is 0 Å². The molecule has 0 aliphatic heterocycles. The van der Waals surface area contributed by atoms with E-state index in [9.17, 15) is 4.79 Å². The summed E-state index contributed by atoms with van der Waals surface area (Å²) in [4.78, 5) is 11.6. The Kier molecular flexibility index (Phi) is 4.51. The first-order valence-electron chi connectivity index (χ1n) is 4.96. The molecule has 0 aromatic heterocycles. The van der Waals surface area contributed by atoms with Crippen LogP contribution in [-0.2, 0) is 4.79 Å². The normalized spacial score (nSPS) is 11.6. The molecule has 84 valence electrons. The second kappa shape index (κ2) is 5.66. The molecule has 0 heterocycles. The predicted octanol–water partition coefficient (Wildman–Crippen LogP) is 2.84. The first kappa shape index (κ1) is 12.7. The number of nitriles is 1. The van der Waals surface area contributed by atoms with Gasteiger partial charge in [-0.15, -0.1) is 0 Å². The Hall–Kier alpha value is -1.34. The Morgan fingerprint density at radius 1 is 1.62 bits per heavy atom. The quantitative estimate of drug-likeness (QED) is 0.866. The molecule has 0 saturated carbocycles. The lowest BCUT2D eigenvalue weighted by Crippen LogP contribution is -2.21. The van der Waals surface area contributed by atoms with Crippen LogP contribution in [0.3, 0.4) is 0 Å². The number of hydrogen-bond donors (Lipinski definition) is 1. The van der Waals surface area contributed by atoms with Crippen molar-refractivity contribution >= 4 is 27.5 Å². The topological polar surface area (TPSA) is 52.9 Å². The van der Waals surface area contributed by atoms with Gasteiger partial charge in [0.05, 0.1) is 11.6 Å². The van der Waals surface area contributed by atoms with Crippen LogP contribution in [0.25, 0.3) is 0 Å². The highest BCUT2D eigenvalue weighted by molar-refractivity contribution is 9.09. The third-order valence-corrected chi connectivity index (χ3v) is 3.26. The van der Waals surface area contributed by atoms with Crippen LogP contribution in [0.5, 0.6) is 0 Å². The zero-order valence-electron chi connectivity index (χ0n) is 9.25. The van der Waals surface area contributed by atoms with Crippen molar-refractivity contribution in [2.75, 3.05) is 10.6 Å². The molecule has 4 heteroatoms. The summed E-state index contributed by atoms with van der Waals surface area (Å²) >= 11 is 3.26. The van der Waals surface area contributed by atoms with Gasteiger partial charge in [-0.3, -0.25) is 4.79 Å². The number of halogens is 1. The number of aryl methyl sites for hydroxylation is 1. The van der Waals surface area contributed by atoms with E-state index < -0.39 is 0 Å². The molecule has 0 bridgehead atoms. The summed E-state index contributed by atoms with van der Waals surface area (Å²) in [5.41, 5.74) is 2.23. The summed E-state index contributed by atoms with van der Waals surface area (Å²) in [5.74, 6) is -0.100. The number of alkyl halides is 1. The van der Waals surface area contributed by atoms with Crippen molar-refractivity contribution in [3.63, 3.8) is 0 Å². The maximum Gasteiger partial charge on any atom is 0.228 e. The lowest BCUT2D eigenvalue weighted by molar-refractivity contribution is -0.118. The van der Waals surface area contributed by atoms with E-state index >= 15 is 0 Å². The van der Waals surface area contributed by atoms with Crippen LogP contribution in [0, 0.1) is 24.2 Å². The van der Waals surface area contributed by atoms with Crippen LogP contribution in [0.1, 0.15) is 18.1 Å². The number of hydrogen-bond acceptors (Lipinski definition) is 2. The van der Waals surface area contributed by atoms with Crippen molar-refractivity contribution in [3.8, 4) is 6.07 Å². The fourth-order valence-corrected chi connectivity index (χ4v) is 1.50. The van der Waals surface area contributed by atoms with Crippen LogP contribution in [-0.4, -0.2) is 11.2 Å². The van der Waals surface area contributed by atoms with Gasteiger partial charge in [0.1, 0.15) is 0 Å². The maximum atomic E-state index is 11.6. The highest BCUT2D eigenvalue weighted by Gasteiger charge is 2.11. The van der Waals surface area contributed by atoms with Crippen molar-refractivity contribution in [1.82, 2.24) is 0 Å². The smallest absolute Gasteiger partial charge is 0.228 e. The number of carbonyl (C=O) groups is 1. The second-order valence-electron chi connectivity index (χ2n) is 3.69. The zero-order chi connectivity index (χ0) is 12.1.